The van der Waals surface area contributed by atoms with Crippen molar-refractivity contribution in [1.29, 1.82) is 0 Å². The van der Waals surface area contributed by atoms with Gasteiger partial charge in [0.2, 0.25) is 5.13 Å². The molecule has 0 fully saturated rings. The Balaban J connectivity index is 2.22. The number of amidine groups is 1. The summed E-state index contributed by atoms with van der Waals surface area (Å²) in [7, 11) is 1.93. The van der Waals surface area contributed by atoms with Gasteiger partial charge in [-0.2, -0.15) is 4.37 Å². The summed E-state index contributed by atoms with van der Waals surface area (Å²) < 4.78 is 4.26. The fourth-order valence-corrected chi connectivity index (χ4v) is 2.28. The van der Waals surface area contributed by atoms with Crippen molar-refractivity contribution >= 4 is 28.2 Å². The summed E-state index contributed by atoms with van der Waals surface area (Å²) in [4.78, 5) is 6.37. The average Bonchev–Trinajstić information content (AvgIpc) is 2.94. The number of anilines is 2. The Labute approximate surface area is 115 Å². The fourth-order valence-electron chi connectivity index (χ4n) is 1.55. The van der Waals surface area contributed by atoms with Crippen molar-refractivity contribution in [3.63, 3.8) is 0 Å². The van der Waals surface area contributed by atoms with E-state index >= 15 is 0 Å². The molecule has 0 radical (unpaired) electrons. The van der Waals surface area contributed by atoms with Gasteiger partial charge in [0.1, 0.15) is 5.82 Å². The molecule has 0 aliphatic rings. The van der Waals surface area contributed by atoms with E-state index in [9.17, 15) is 0 Å². The largest absolute Gasteiger partial charge is 0.409 e. The molecule has 1 aromatic carbocycles. The molecule has 0 spiro atoms. The maximum absolute atomic E-state index is 8.61. The lowest BCUT2D eigenvalue weighted by molar-refractivity contribution is 0.318. The van der Waals surface area contributed by atoms with Crippen LogP contribution in [0.4, 0.5) is 10.8 Å². The van der Waals surface area contributed by atoms with E-state index in [1.165, 1.54) is 11.5 Å². The summed E-state index contributed by atoms with van der Waals surface area (Å²) in [6.45, 7) is 2.03. The molecule has 0 saturated heterocycles. The number of benzene rings is 1. The Hall–Kier alpha value is -2.15. The summed E-state index contributed by atoms with van der Waals surface area (Å²) in [6, 6.07) is 7.37. The van der Waals surface area contributed by atoms with E-state index in [0.29, 0.717) is 5.56 Å². The Morgan fingerprint density at radius 1 is 1.42 bits per heavy atom. The minimum absolute atomic E-state index is 0.0957. The molecule has 6 nitrogen and oxygen atoms in total. The first-order valence-corrected chi connectivity index (χ1v) is 6.57. The van der Waals surface area contributed by atoms with Crippen LogP contribution < -0.4 is 10.6 Å². The van der Waals surface area contributed by atoms with Gasteiger partial charge in [-0.15, -0.1) is 0 Å². The second-order valence-corrected chi connectivity index (χ2v) is 4.67. The zero-order valence-electron chi connectivity index (χ0n) is 10.7. The van der Waals surface area contributed by atoms with Gasteiger partial charge >= 0.3 is 0 Å². The predicted octanol–water partition coefficient (Wildman–Crippen LogP) is 1.96. The molecule has 0 aliphatic heterocycles. The molecular formula is C12H15N5OS. The van der Waals surface area contributed by atoms with Gasteiger partial charge in [-0.1, -0.05) is 12.1 Å². The van der Waals surface area contributed by atoms with Gasteiger partial charge in [-0.3, -0.25) is 0 Å². The van der Waals surface area contributed by atoms with Gasteiger partial charge in [-0.25, -0.2) is 4.98 Å². The van der Waals surface area contributed by atoms with Crippen LogP contribution in [0.25, 0.3) is 0 Å². The van der Waals surface area contributed by atoms with Crippen molar-refractivity contribution in [1.82, 2.24) is 9.36 Å². The Morgan fingerprint density at radius 2 is 2.11 bits per heavy atom. The highest BCUT2D eigenvalue weighted by Crippen LogP contribution is 2.25. The smallest absolute Gasteiger partial charge is 0.209 e. The Bertz CT molecular complexity index is 578. The fraction of sp³-hybridized carbons (Fsp3) is 0.250. The van der Waals surface area contributed by atoms with Gasteiger partial charge < -0.3 is 15.8 Å². The topological polar surface area (TPSA) is 87.6 Å². The van der Waals surface area contributed by atoms with Gasteiger partial charge in [0.25, 0.3) is 0 Å². The Kier molecular flexibility index (Phi) is 3.96. The van der Waals surface area contributed by atoms with Crippen LogP contribution in [0, 0.1) is 0 Å². The van der Waals surface area contributed by atoms with E-state index in [1.54, 1.807) is 12.1 Å². The number of aryl methyl sites for hydroxylation is 1. The first-order chi connectivity index (χ1) is 9.15. The van der Waals surface area contributed by atoms with Crippen molar-refractivity contribution in [2.24, 2.45) is 10.9 Å². The number of hydrogen-bond donors (Lipinski definition) is 2. The zero-order valence-corrected chi connectivity index (χ0v) is 11.6. The molecule has 0 aliphatic carbocycles. The maximum Gasteiger partial charge on any atom is 0.209 e. The molecule has 7 heteroatoms. The Morgan fingerprint density at radius 3 is 2.63 bits per heavy atom. The predicted molar refractivity (Wildman–Crippen MR) is 76.3 cm³/mol. The number of aromatic nitrogens is 2. The van der Waals surface area contributed by atoms with Gasteiger partial charge in [0, 0.05) is 36.3 Å². The third-order valence-corrected chi connectivity index (χ3v) is 3.55. The van der Waals surface area contributed by atoms with Crippen molar-refractivity contribution in [2.45, 2.75) is 13.3 Å². The summed E-state index contributed by atoms with van der Waals surface area (Å²) in [5.41, 5.74) is 7.16. The molecule has 1 aromatic heterocycles. The summed E-state index contributed by atoms with van der Waals surface area (Å²) >= 11 is 1.37. The van der Waals surface area contributed by atoms with E-state index in [0.717, 1.165) is 23.1 Å². The van der Waals surface area contributed by atoms with E-state index in [1.807, 2.05) is 31.0 Å². The molecule has 0 amide bonds. The minimum Gasteiger partial charge on any atom is -0.409 e. The van der Waals surface area contributed by atoms with Gasteiger partial charge in [0.05, 0.1) is 0 Å². The van der Waals surface area contributed by atoms with E-state index in [2.05, 4.69) is 14.5 Å². The van der Waals surface area contributed by atoms with Crippen LogP contribution in [0.3, 0.4) is 0 Å². The van der Waals surface area contributed by atoms with Crippen LogP contribution in [0.1, 0.15) is 18.3 Å². The van der Waals surface area contributed by atoms with Crippen LogP contribution in [0.2, 0.25) is 0 Å². The molecule has 2 rings (SSSR count). The maximum atomic E-state index is 8.61. The average molecular weight is 277 g/mol. The second-order valence-electron chi connectivity index (χ2n) is 3.94. The molecule has 0 saturated carbocycles. The van der Waals surface area contributed by atoms with Crippen LogP contribution >= 0.6 is 11.5 Å². The van der Waals surface area contributed by atoms with E-state index < -0.39 is 0 Å². The molecule has 2 aromatic rings. The summed E-state index contributed by atoms with van der Waals surface area (Å²) in [5, 5.41) is 12.4. The first kappa shape index (κ1) is 13.3. The molecule has 0 unspecified atom stereocenters. The van der Waals surface area contributed by atoms with Crippen LogP contribution in [0.15, 0.2) is 29.4 Å². The molecule has 19 heavy (non-hydrogen) atoms. The van der Waals surface area contributed by atoms with Crippen molar-refractivity contribution in [3.05, 3.63) is 35.7 Å². The molecule has 3 N–H and O–H groups in total. The highest BCUT2D eigenvalue weighted by atomic mass is 32.1. The lowest BCUT2D eigenvalue weighted by Crippen LogP contribution is -2.14. The molecule has 0 atom stereocenters. The third kappa shape index (κ3) is 2.82. The number of rotatable bonds is 4. The number of nitrogens with zero attached hydrogens (tertiary/aromatic N) is 4. The van der Waals surface area contributed by atoms with E-state index in [-0.39, 0.29) is 5.84 Å². The number of hydrogen-bond acceptors (Lipinski definition) is 6. The van der Waals surface area contributed by atoms with Crippen molar-refractivity contribution in [2.75, 3.05) is 11.9 Å². The first-order valence-electron chi connectivity index (χ1n) is 5.80. The quantitative estimate of drug-likeness (QED) is 0.386. The van der Waals surface area contributed by atoms with Gasteiger partial charge in [-0.05, 0) is 24.3 Å². The molecular weight excluding hydrogens is 262 g/mol. The summed E-state index contributed by atoms with van der Waals surface area (Å²) in [5.74, 6) is 0.943. The normalized spacial score (nSPS) is 11.6. The molecule has 0 bridgehead atoms. The SMILES string of the molecule is CCc1nsc(N(C)c2ccc(C(N)=NO)cc2)n1. The van der Waals surface area contributed by atoms with Crippen molar-refractivity contribution < 1.29 is 5.21 Å². The van der Waals surface area contributed by atoms with E-state index in [4.69, 9.17) is 10.9 Å². The standard InChI is InChI=1S/C12H15N5OS/c1-3-10-14-12(19-16-10)17(2)9-6-4-8(5-7-9)11(13)15-18/h4-7,18H,3H2,1-2H3,(H2,13,15). The van der Waals surface area contributed by atoms with Crippen LogP contribution in [-0.2, 0) is 6.42 Å². The van der Waals surface area contributed by atoms with Crippen LogP contribution in [0.5, 0.6) is 0 Å². The minimum atomic E-state index is 0.0957. The number of nitrogens with two attached hydrogens (primary N) is 1. The lowest BCUT2D eigenvalue weighted by Gasteiger charge is -2.15. The molecule has 100 valence electrons. The monoisotopic (exact) mass is 277 g/mol. The third-order valence-electron chi connectivity index (χ3n) is 2.72. The highest BCUT2D eigenvalue weighted by molar-refractivity contribution is 7.09. The van der Waals surface area contributed by atoms with Gasteiger partial charge in [0.15, 0.2) is 5.84 Å². The molecule has 1 heterocycles. The summed E-state index contributed by atoms with van der Waals surface area (Å²) in [6.07, 6.45) is 0.826. The number of oxime groups is 1. The van der Waals surface area contributed by atoms with Crippen molar-refractivity contribution in [3.8, 4) is 0 Å². The highest BCUT2D eigenvalue weighted by Gasteiger charge is 2.10. The lowest BCUT2D eigenvalue weighted by atomic mass is 10.2. The zero-order chi connectivity index (χ0) is 13.8. The second kappa shape index (κ2) is 5.66. The van der Waals surface area contributed by atoms with Crippen LogP contribution in [-0.4, -0.2) is 27.4 Å².